The van der Waals surface area contributed by atoms with E-state index in [0.29, 0.717) is 29.3 Å². The van der Waals surface area contributed by atoms with Gasteiger partial charge in [-0.25, -0.2) is 0 Å². The van der Waals surface area contributed by atoms with Crippen molar-refractivity contribution >= 4 is 34.0 Å². The van der Waals surface area contributed by atoms with E-state index in [2.05, 4.69) is 41.6 Å². The lowest BCUT2D eigenvalue weighted by Gasteiger charge is -2.45. The van der Waals surface area contributed by atoms with Crippen LogP contribution < -0.4 is 9.46 Å². The second-order valence-electron chi connectivity index (χ2n) is 12.5. The van der Waals surface area contributed by atoms with Gasteiger partial charge < -0.3 is 19.5 Å². The van der Waals surface area contributed by atoms with Crippen LogP contribution in [0.2, 0.25) is 5.02 Å². The number of hydrogen-bond donors (Lipinski definition) is 2. The largest absolute Gasteiger partial charge is 0.493 e. The third-order valence-corrected chi connectivity index (χ3v) is 11.4. The van der Waals surface area contributed by atoms with Gasteiger partial charge >= 0.3 is 0 Å². The average molecular weight is 585 g/mol. The molecule has 1 amide bonds. The highest BCUT2D eigenvalue weighted by Crippen LogP contribution is 2.42. The summed E-state index contributed by atoms with van der Waals surface area (Å²) in [5, 5.41) is 12.1. The van der Waals surface area contributed by atoms with Crippen molar-refractivity contribution in [1.29, 1.82) is 0 Å². The highest BCUT2D eigenvalue weighted by molar-refractivity contribution is 8.13. The lowest BCUT2D eigenvalue weighted by atomic mass is 9.68. The van der Waals surface area contributed by atoms with E-state index in [1.54, 1.807) is 0 Å². The van der Waals surface area contributed by atoms with Crippen molar-refractivity contribution in [2.24, 2.45) is 11.8 Å². The van der Waals surface area contributed by atoms with Gasteiger partial charge in [0.05, 0.1) is 12.7 Å². The molecule has 2 aromatic carbocycles. The Labute approximate surface area is 247 Å². The van der Waals surface area contributed by atoms with E-state index in [-0.39, 0.29) is 17.4 Å². The van der Waals surface area contributed by atoms with Crippen molar-refractivity contribution in [2.45, 2.75) is 81.5 Å². The Bertz CT molecular complexity index is 1200. The van der Waals surface area contributed by atoms with Gasteiger partial charge in [0.15, 0.2) is 0 Å². The van der Waals surface area contributed by atoms with E-state index in [4.69, 9.17) is 16.3 Å². The average Bonchev–Trinajstić information content (AvgIpc) is 2.92. The maximum absolute atomic E-state index is 12.9. The number of rotatable bonds is 0. The molecule has 0 aromatic heterocycles. The SMILES string of the molecule is C=S1NC(=O)c2ccc(cc2)OCC2(CCCc3cc(Cl)ccc32)CN(C)CC2CCC2C(O)CCCCC1C. The van der Waals surface area contributed by atoms with Crippen molar-refractivity contribution in [3.8, 4) is 5.75 Å². The molecule has 1 saturated carbocycles. The van der Waals surface area contributed by atoms with E-state index in [0.717, 1.165) is 75.2 Å². The molecule has 2 aromatic rings. The summed E-state index contributed by atoms with van der Waals surface area (Å²) in [6.07, 6.45) is 9.17. The van der Waals surface area contributed by atoms with Gasteiger partial charge in [-0.2, -0.15) is 0 Å². The van der Waals surface area contributed by atoms with E-state index >= 15 is 0 Å². The van der Waals surface area contributed by atoms with Crippen molar-refractivity contribution in [1.82, 2.24) is 9.62 Å². The second kappa shape index (κ2) is 13.0. The second-order valence-corrected chi connectivity index (χ2v) is 14.8. The number of fused-ring (bicyclic) bond motifs is 14. The molecule has 0 radical (unpaired) electrons. The molecule has 218 valence electrons. The number of benzene rings is 2. The van der Waals surface area contributed by atoms with Crippen LogP contribution in [0.5, 0.6) is 5.75 Å². The number of aryl methyl sites for hydroxylation is 1. The first-order valence-electron chi connectivity index (χ1n) is 15.0. The zero-order valence-corrected chi connectivity index (χ0v) is 25.6. The van der Waals surface area contributed by atoms with Crippen molar-refractivity contribution < 1.29 is 14.6 Å². The van der Waals surface area contributed by atoms with Crippen LogP contribution in [-0.2, 0) is 11.8 Å². The molecule has 2 bridgehead atoms. The van der Waals surface area contributed by atoms with E-state index in [1.165, 1.54) is 17.5 Å². The quantitative estimate of drug-likeness (QED) is 0.342. The number of ether oxygens (including phenoxy) is 1. The van der Waals surface area contributed by atoms with Crippen LogP contribution >= 0.6 is 22.3 Å². The van der Waals surface area contributed by atoms with Gasteiger partial charge in [-0.1, -0.05) is 54.0 Å². The number of aliphatic hydroxyl groups excluding tert-OH is 1. The van der Waals surface area contributed by atoms with Crippen LogP contribution in [0.15, 0.2) is 42.5 Å². The van der Waals surface area contributed by atoms with Crippen LogP contribution in [-0.4, -0.2) is 59.9 Å². The van der Waals surface area contributed by atoms with Crippen molar-refractivity contribution in [3.63, 3.8) is 0 Å². The third-order valence-electron chi connectivity index (χ3n) is 9.53. The van der Waals surface area contributed by atoms with Crippen molar-refractivity contribution in [2.75, 3.05) is 26.7 Å². The lowest BCUT2D eigenvalue weighted by molar-refractivity contribution is -0.00915. The number of hydrogen-bond acceptors (Lipinski definition) is 4. The molecule has 6 rings (SSSR count). The third kappa shape index (κ3) is 6.78. The molecule has 40 heavy (non-hydrogen) atoms. The molecule has 4 aliphatic rings. The zero-order valence-electron chi connectivity index (χ0n) is 24.0. The molecule has 6 unspecified atom stereocenters. The Kier molecular flexibility index (Phi) is 9.61. The molecule has 2 N–H and O–H groups in total. The normalized spacial score (nSPS) is 32.6. The maximum Gasteiger partial charge on any atom is 0.260 e. The summed E-state index contributed by atoms with van der Waals surface area (Å²) in [4.78, 5) is 15.4. The molecule has 1 fully saturated rings. The highest BCUT2D eigenvalue weighted by atomic mass is 35.5. The number of nitrogens with zero attached hydrogens (tertiary/aromatic N) is 1. The summed E-state index contributed by atoms with van der Waals surface area (Å²) in [5.41, 5.74) is 3.13. The topological polar surface area (TPSA) is 61.8 Å². The minimum Gasteiger partial charge on any atom is -0.493 e. The Morgan fingerprint density at radius 2 is 1.88 bits per heavy atom. The number of nitrogens with one attached hydrogen (secondary N) is 1. The van der Waals surface area contributed by atoms with Crippen LogP contribution in [0.4, 0.5) is 0 Å². The first-order chi connectivity index (χ1) is 19.2. The minimum absolute atomic E-state index is 0.0924. The molecule has 0 saturated heterocycles. The van der Waals surface area contributed by atoms with Crippen LogP contribution in [0, 0.1) is 11.8 Å². The summed E-state index contributed by atoms with van der Waals surface area (Å²) in [6, 6.07) is 13.9. The van der Waals surface area contributed by atoms with Crippen LogP contribution in [0.1, 0.15) is 79.8 Å². The van der Waals surface area contributed by atoms with Gasteiger partial charge in [0, 0.05) is 34.3 Å². The zero-order chi connectivity index (χ0) is 28.3. The Morgan fingerprint density at radius 3 is 2.62 bits per heavy atom. The number of aliphatic hydroxyl groups is 1. The molecule has 2 aliphatic carbocycles. The van der Waals surface area contributed by atoms with Crippen LogP contribution in [0.3, 0.4) is 0 Å². The van der Waals surface area contributed by atoms with Gasteiger partial charge in [0.25, 0.3) is 5.91 Å². The summed E-state index contributed by atoms with van der Waals surface area (Å²) in [5.74, 6) is 5.85. The van der Waals surface area contributed by atoms with E-state index < -0.39 is 10.7 Å². The van der Waals surface area contributed by atoms with E-state index in [9.17, 15) is 9.90 Å². The smallest absolute Gasteiger partial charge is 0.260 e. The molecule has 1 spiro atoms. The summed E-state index contributed by atoms with van der Waals surface area (Å²) in [7, 11) is 1.77. The maximum atomic E-state index is 12.9. The summed E-state index contributed by atoms with van der Waals surface area (Å²) < 4.78 is 9.60. The first-order valence-corrected chi connectivity index (χ1v) is 16.8. The predicted molar refractivity (Wildman–Crippen MR) is 168 cm³/mol. The first kappa shape index (κ1) is 29.6. The molecule has 2 heterocycles. The Hall–Kier alpha value is -1.86. The molecule has 6 atom stereocenters. The standard InChI is InChI=1S/C33H45ClN2O3S/c1-23-7-4-5-9-31(37)29-16-12-26(29)20-36(2)21-33(18-6-8-25-19-27(34)13-17-30(25)33)22-39-28-14-10-24(11-15-28)32(38)35-40(23)3/h10-11,13-15,17,19,23,26,29,31,37H,3-9,12,16,18,20-22H2,1-2H3,(H,35,38). The number of likely N-dealkylation sites (N-methyl/N-ethyl adjacent to an activating group) is 1. The summed E-state index contributed by atoms with van der Waals surface area (Å²) >= 11 is 6.41. The lowest BCUT2D eigenvalue weighted by Crippen LogP contribution is -2.49. The van der Waals surface area contributed by atoms with Gasteiger partial charge in [-0.3, -0.25) is 4.79 Å². The number of carbonyl (C=O) groups excluding carboxylic acids is 1. The van der Waals surface area contributed by atoms with Crippen LogP contribution in [0.25, 0.3) is 0 Å². The highest BCUT2D eigenvalue weighted by Gasteiger charge is 2.41. The predicted octanol–water partition coefficient (Wildman–Crippen LogP) is 6.62. The molecule has 5 nitrogen and oxygen atoms in total. The van der Waals surface area contributed by atoms with E-state index in [1.807, 2.05) is 30.3 Å². The number of amides is 1. The van der Waals surface area contributed by atoms with Gasteiger partial charge in [0.1, 0.15) is 5.75 Å². The Morgan fingerprint density at radius 1 is 1.10 bits per heavy atom. The fraction of sp³-hybridized carbons (Fsp3) is 0.576. The minimum atomic E-state index is -0.460. The molecule has 7 heteroatoms. The summed E-state index contributed by atoms with van der Waals surface area (Å²) in [6.45, 7) is 4.61. The van der Waals surface area contributed by atoms with Gasteiger partial charge in [-0.15, -0.1) is 0 Å². The molecular formula is C33H45ClN2O3S. The molecule has 2 aliphatic heterocycles. The monoisotopic (exact) mass is 584 g/mol. The van der Waals surface area contributed by atoms with Gasteiger partial charge in [0.2, 0.25) is 0 Å². The van der Waals surface area contributed by atoms with Gasteiger partial charge in [-0.05, 0) is 111 Å². The number of halogens is 1. The molecular weight excluding hydrogens is 540 g/mol. The fourth-order valence-corrected chi connectivity index (χ4v) is 8.26. The fourth-order valence-electron chi connectivity index (χ4n) is 7.05. The van der Waals surface area contributed by atoms with Crippen molar-refractivity contribution in [3.05, 3.63) is 64.2 Å². The number of carbonyl (C=O) groups is 1. The Balaban J connectivity index is 1.41.